The van der Waals surface area contributed by atoms with Crippen molar-refractivity contribution in [3.8, 4) is 5.75 Å². The summed E-state index contributed by atoms with van der Waals surface area (Å²) in [5, 5.41) is 13.0. The van der Waals surface area contributed by atoms with Gasteiger partial charge >= 0.3 is 12.0 Å². The molecule has 0 spiro atoms. The molecule has 0 radical (unpaired) electrons. The fourth-order valence-electron chi connectivity index (χ4n) is 3.46. The molecule has 0 saturated heterocycles. The van der Waals surface area contributed by atoms with Crippen LogP contribution in [-0.4, -0.2) is 54.4 Å². The topological polar surface area (TPSA) is 88.1 Å². The van der Waals surface area contributed by atoms with Crippen LogP contribution in [-0.2, 0) is 16.0 Å². The predicted molar refractivity (Wildman–Crippen MR) is 140 cm³/mol. The monoisotopic (exact) mass is 524 g/mol. The molecule has 192 valence electrons. The first-order valence-electron chi connectivity index (χ1n) is 11.9. The molecule has 0 bridgehead atoms. The molecule has 0 saturated carbocycles. The van der Waals surface area contributed by atoms with E-state index >= 15 is 0 Å². The van der Waals surface area contributed by atoms with Gasteiger partial charge in [0.25, 0.3) is 0 Å². The number of ether oxygens (including phenoxy) is 2. The second kappa shape index (κ2) is 15.5. The lowest BCUT2D eigenvalue weighted by Gasteiger charge is -2.23. The number of unbranched alkanes of at least 4 members (excludes halogenated alkanes) is 3. The molecule has 0 aliphatic rings. The number of aliphatic carboxylic acids is 1. The van der Waals surface area contributed by atoms with Gasteiger partial charge in [-0.25, -0.2) is 9.59 Å². The number of carboxylic acids is 1. The van der Waals surface area contributed by atoms with Crippen molar-refractivity contribution < 1.29 is 24.2 Å². The zero-order valence-electron chi connectivity index (χ0n) is 20.3. The fraction of sp³-hybridized carbons (Fsp3) is 0.462. The van der Waals surface area contributed by atoms with E-state index in [0.717, 1.165) is 31.2 Å². The van der Waals surface area contributed by atoms with Crippen molar-refractivity contribution in [1.82, 2.24) is 4.90 Å². The lowest BCUT2D eigenvalue weighted by atomic mass is 10.1. The number of anilines is 1. The smallest absolute Gasteiger partial charge is 0.333 e. The quantitative estimate of drug-likeness (QED) is 0.259. The highest BCUT2D eigenvalue weighted by Gasteiger charge is 2.18. The molecule has 2 aromatic carbocycles. The summed E-state index contributed by atoms with van der Waals surface area (Å²) in [7, 11) is 0. The molecular formula is C26H34Cl2N2O5. The second-order valence-corrected chi connectivity index (χ2v) is 8.92. The van der Waals surface area contributed by atoms with E-state index in [9.17, 15) is 14.7 Å². The molecule has 7 nitrogen and oxygen atoms in total. The number of carbonyl (C=O) groups excluding carboxylic acids is 1. The number of carboxylic acid groups (broad SMARTS) is 1. The fourth-order valence-corrected chi connectivity index (χ4v) is 3.91. The zero-order chi connectivity index (χ0) is 25.6. The Kier molecular flexibility index (Phi) is 12.7. The van der Waals surface area contributed by atoms with E-state index < -0.39 is 12.1 Å². The Labute approximate surface area is 217 Å². The number of hydrogen-bond acceptors (Lipinski definition) is 4. The van der Waals surface area contributed by atoms with Crippen LogP contribution in [0.15, 0.2) is 42.5 Å². The summed E-state index contributed by atoms with van der Waals surface area (Å²) in [6.45, 7) is 5.56. The first-order chi connectivity index (χ1) is 16.8. The molecule has 9 heteroatoms. The molecule has 0 aliphatic heterocycles. The molecule has 0 fully saturated rings. The average molecular weight is 525 g/mol. The van der Waals surface area contributed by atoms with Crippen LogP contribution in [0, 0.1) is 0 Å². The summed E-state index contributed by atoms with van der Waals surface area (Å²) in [4.78, 5) is 25.9. The third-order valence-electron chi connectivity index (χ3n) is 5.36. The molecule has 2 amide bonds. The van der Waals surface area contributed by atoms with Crippen molar-refractivity contribution in [2.24, 2.45) is 0 Å². The second-order valence-electron chi connectivity index (χ2n) is 8.08. The van der Waals surface area contributed by atoms with E-state index in [4.69, 9.17) is 32.7 Å². The van der Waals surface area contributed by atoms with Crippen LogP contribution in [0.2, 0.25) is 10.0 Å². The number of nitrogens with zero attached hydrogens (tertiary/aromatic N) is 1. The minimum absolute atomic E-state index is 0.250. The molecule has 0 heterocycles. The van der Waals surface area contributed by atoms with Crippen molar-refractivity contribution in [3.05, 3.63) is 58.1 Å². The number of urea groups is 1. The minimum Gasteiger partial charge on any atom is -0.492 e. The van der Waals surface area contributed by atoms with Crippen LogP contribution in [0.5, 0.6) is 5.75 Å². The van der Waals surface area contributed by atoms with Crippen LogP contribution >= 0.6 is 23.2 Å². The largest absolute Gasteiger partial charge is 0.492 e. The van der Waals surface area contributed by atoms with Gasteiger partial charge < -0.3 is 24.8 Å². The maximum Gasteiger partial charge on any atom is 0.333 e. The van der Waals surface area contributed by atoms with Crippen LogP contribution in [0.1, 0.15) is 45.1 Å². The van der Waals surface area contributed by atoms with Crippen molar-refractivity contribution in [1.29, 1.82) is 0 Å². The zero-order valence-corrected chi connectivity index (χ0v) is 21.8. The van der Waals surface area contributed by atoms with Gasteiger partial charge in [0.2, 0.25) is 0 Å². The molecule has 2 N–H and O–H groups in total. The number of halogens is 2. The van der Waals surface area contributed by atoms with Gasteiger partial charge in [0.15, 0.2) is 6.10 Å². The van der Waals surface area contributed by atoms with E-state index in [1.165, 1.54) is 0 Å². The summed E-state index contributed by atoms with van der Waals surface area (Å²) in [5.74, 6) is -0.339. The number of nitrogens with one attached hydrogen (secondary N) is 1. The molecule has 35 heavy (non-hydrogen) atoms. The molecule has 2 rings (SSSR count). The number of rotatable bonds is 15. The molecule has 2 aromatic rings. The minimum atomic E-state index is -0.982. The first kappa shape index (κ1) is 28.8. The number of amides is 2. The van der Waals surface area contributed by atoms with Crippen LogP contribution < -0.4 is 10.1 Å². The molecule has 1 unspecified atom stereocenters. The van der Waals surface area contributed by atoms with E-state index in [0.29, 0.717) is 47.8 Å². The summed E-state index contributed by atoms with van der Waals surface area (Å²) in [5.41, 5.74) is 1.35. The van der Waals surface area contributed by atoms with Gasteiger partial charge in [0.05, 0.1) is 17.3 Å². The predicted octanol–water partition coefficient (Wildman–Crippen LogP) is 6.52. The summed E-state index contributed by atoms with van der Waals surface area (Å²) in [6.07, 6.45) is 3.58. The maximum absolute atomic E-state index is 12.9. The molecular weight excluding hydrogens is 491 g/mol. The van der Waals surface area contributed by atoms with Crippen molar-refractivity contribution in [2.75, 3.05) is 31.6 Å². The van der Waals surface area contributed by atoms with E-state index in [2.05, 4.69) is 12.2 Å². The van der Waals surface area contributed by atoms with Gasteiger partial charge in [0.1, 0.15) is 12.4 Å². The van der Waals surface area contributed by atoms with Gasteiger partial charge in [-0.1, -0.05) is 61.5 Å². The Hall–Kier alpha value is -2.48. The lowest BCUT2D eigenvalue weighted by Crippen LogP contribution is -2.38. The molecule has 0 aliphatic carbocycles. The van der Waals surface area contributed by atoms with E-state index in [-0.39, 0.29) is 12.5 Å². The Morgan fingerprint density at radius 1 is 1.03 bits per heavy atom. The normalized spacial score (nSPS) is 11.7. The summed E-state index contributed by atoms with van der Waals surface area (Å²) in [6, 6.07) is 11.9. The van der Waals surface area contributed by atoms with Gasteiger partial charge in [-0.3, -0.25) is 0 Å². The van der Waals surface area contributed by atoms with Crippen LogP contribution in [0.4, 0.5) is 10.5 Å². The highest BCUT2D eigenvalue weighted by atomic mass is 35.5. The van der Waals surface area contributed by atoms with Gasteiger partial charge in [-0.15, -0.1) is 0 Å². The number of benzene rings is 2. The van der Waals surface area contributed by atoms with Crippen molar-refractivity contribution in [3.63, 3.8) is 0 Å². The Morgan fingerprint density at radius 2 is 1.77 bits per heavy atom. The van der Waals surface area contributed by atoms with Crippen molar-refractivity contribution >= 4 is 40.9 Å². The van der Waals surface area contributed by atoms with Gasteiger partial charge in [-0.05, 0) is 49.2 Å². The van der Waals surface area contributed by atoms with Gasteiger partial charge in [-0.2, -0.15) is 0 Å². The highest BCUT2D eigenvalue weighted by molar-refractivity contribution is 6.36. The number of hydrogen-bond donors (Lipinski definition) is 2. The van der Waals surface area contributed by atoms with E-state index in [1.54, 1.807) is 42.2 Å². The Balaban J connectivity index is 1.93. The lowest BCUT2D eigenvalue weighted by molar-refractivity contribution is -0.149. The Morgan fingerprint density at radius 3 is 2.40 bits per heavy atom. The third kappa shape index (κ3) is 10.3. The van der Waals surface area contributed by atoms with Gasteiger partial charge in [0, 0.05) is 24.6 Å². The number of carbonyl (C=O) groups is 2. The average Bonchev–Trinajstić information content (AvgIpc) is 2.83. The summed E-state index contributed by atoms with van der Waals surface area (Å²) < 4.78 is 11.1. The Bertz CT molecular complexity index is 940. The molecule has 0 aromatic heterocycles. The van der Waals surface area contributed by atoms with Crippen LogP contribution in [0.3, 0.4) is 0 Å². The third-order valence-corrected chi connectivity index (χ3v) is 5.91. The SMILES string of the molecule is CCCCCCN(CCOc1ccc(CC(OCC)C(=O)O)cc1)C(=O)Nc1ccc(Cl)cc1Cl. The molecule has 1 atom stereocenters. The summed E-state index contributed by atoms with van der Waals surface area (Å²) >= 11 is 12.2. The highest BCUT2D eigenvalue weighted by Crippen LogP contribution is 2.25. The maximum atomic E-state index is 12.9. The standard InChI is InChI=1S/C26H34Cl2N2O5/c1-3-5-6-7-14-30(26(33)29-23-13-10-20(27)18-22(23)28)15-16-35-21-11-8-19(9-12-21)17-24(25(31)32)34-4-2/h8-13,18,24H,3-7,14-17H2,1-2H3,(H,29,33)(H,31,32). The van der Waals surface area contributed by atoms with Crippen LogP contribution in [0.25, 0.3) is 0 Å². The van der Waals surface area contributed by atoms with Crippen molar-refractivity contribution in [2.45, 2.75) is 52.1 Å². The van der Waals surface area contributed by atoms with E-state index in [1.807, 2.05) is 12.1 Å². The first-order valence-corrected chi connectivity index (χ1v) is 12.7.